The molecule has 1 heterocycles. The van der Waals surface area contributed by atoms with Gasteiger partial charge in [0.15, 0.2) is 11.5 Å². The lowest BCUT2D eigenvalue weighted by atomic mass is 10.2. The standard InChI is InChI=1S/C13H18N2O2/c1-9-8-15(5-4-14)11-7-13(17-3)12(16-2)6-10(9)11/h6-8H,4-5,14H2,1-3H3. The van der Waals surface area contributed by atoms with Crippen LogP contribution in [0, 0.1) is 6.92 Å². The molecule has 0 bridgehead atoms. The minimum absolute atomic E-state index is 0.623. The van der Waals surface area contributed by atoms with Crippen molar-refractivity contribution in [1.82, 2.24) is 4.57 Å². The van der Waals surface area contributed by atoms with Crippen LogP contribution in [0.1, 0.15) is 5.56 Å². The molecule has 0 fully saturated rings. The second kappa shape index (κ2) is 4.67. The third-order valence-corrected chi connectivity index (χ3v) is 2.96. The maximum Gasteiger partial charge on any atom is 0.162 e. The minimum atomic E-state index is 0.623. The fourth-order valence-corrected chi connectivity index (χ4v) is 2.12. The number of nitrogens with two attached hydrogens (primary N) is 1. The zero-order valence-corrected chi connectivity index (χ0v) is 10.5. The van der Waals surface area contributed by atoms with Crippen LogP contribution in [0.25, 0.3) is 10.9 Å². The van der Waals surface area contributed by atoms with Crippen LogP contribution in [0.4, 0.5) is 0 Å². The number of aromatic nitrogens is 1. The molecule has 2 rings (SSSR count). The summed E-state index contributed by atoms with van der Waals surface area (Å²) in [6.45, 7) is 3.51. The number of methoxy groups -OCH3 is 2. The first kappa shape index (κ1) is 11.8. The first-order chi connectivity index (χ1) is 8.21. The van der Waals surface area contributed by atoms with Crippen LogP contribution in [0.3, 0.4) is 0 Å². The number of nitrogens with zero attached hydrogens (tertiary/aromatic N) is 1. The van der Waals surface area contributed by atoms with Gasteiger partial charge in [-0.2, -0.15) is 0 Å². The molecule has 4 nitrogen and oxygen atoms in total. The molecule has 1 aromatic heterocycles. The highest BCUT2D eigenvalue weighted by atomic mass is 16.5. The van der Waals surface area contributed by atoms with Crippen LogP contribution >= 0.6 is 0 Å². The van der Waals surface area contributed by atoms with Gasteiger partial charge >= 0.3 is 0 Å². The van der Waals surface area contributed by atoms with Crippen molar-refractivity contribution in [2.45, 2.75) is 13.5 Å². The summed E-state index contributed by atoms with van der Waals surface area (Å²) in [7, 11) is 3.29. The van der Waals surface area contributed by atoms with Crippen molar-refractivity contribution < 1.29 is 9.47 Å². The lowest BCUT2D eigenvalue weighted by molar-refractivity contribution is 0.355. The molecular formula is C13H18N2O2. The van der Waals surface area contributed by atoms with E-state index in [-0.39, 0.29) is 0 Å². The van der Waals surface area contributed by atoms with Crippen molar-refractivity contribution in [3.63, 3.8) is 0 Å². The van der Waals surface area contributed by atoms with Gasteiger partial charge in [0.05, 0.1) is 19.7 Å². The largest absolute Gasteiger partial charge is 0.493 e. The molecule has 0 unspecified atom stereocenters. The molecule has 1 aromatic carbocycles. The molecule has 0 saturated heterocycles. The molecule has 0 amide bonds. The molecule has 0 aliphatic heterocycles. The van der Waals surface area contributed by atoms with Gasteiger partial charge in [-0.3, -0.25) is 0 Å². The quantitative estimate of drug-likeness (QED) is 0.879. The van der Waals surface area contributed by atoms with Gasteiger partial charge in [0.1, 0.15) is 0 Å². The van der Waals surface area contributed by atoms with Crippen molar-refractivity contribution in [2.24, 2.45) is 5.73 Å². The predicted octanol–water partition coefficient (Wildman–Crippen LogP) is 1.93. The Morgan fingerprint density at radius 1 is 1.18 bits per heavy atom. The molecule has 0 spiro atoms. The van der Waals surface area contributed by atoms with Crippen molar-refractivity contribution >= 4 is 10.9 Å². The molecule has 2 N–H and O–H groups in total. The van der Waals surface area contributed by atoms with Gasteiger partial charge < -0.3 is 19.8 Å². The number of hydrogen-bond acceptors (Lipinski definition) is 3. The third-order valence-electron chi connectivity index (χ3n) is 2.96. The Kier molecular flexibility index (Phi) is 3.24. The second-order valence-electron chi connectivity index (χ2n) is 4.02. The van der Waals surface area contributed by atoms with Crippen LogP contribution in [0.2, 0.25) is 0 Å². The predicted molar refractivity (Wildman–Crippen MR) is 68.8 cm³/mol. The van der Waals surface area contributed by atoms with E-state index in [1.807, 2.05) is 12.1 Å². The van der Waals surface area contributed by atoms with Gasteiger partial charge in [-0.1, -0.05) is 0 Å². The summed E-state index contributed by atoms with van der Waals surface area (Å²) in [5.41, 5.74) is 7.96. The lowest BCUT2D eigenvalue weighted by Gasteiger charge is -2.09. The van der Waals surface area contributed by atoms with E-state index in [0.29, 0.717) is 6.54 Å². The summed E-state index contributed by atoms with van der Waals surface area (Å²) in [6, 6.07) is 4.01. The van der Waals surface area contributed by atoms with Crippen LogP contribution in [0.5, 0.6) is 11.5 Å². The SMILES string of the molecule is COc1cc2c(C)cn(CCN)c2cc1OC. The van der Waals surface area contributed by atoms with E-state index >= 15 is 0 Å². The van der Waals surface area contributed by atoms with Crippen molar-refractivity contribution in [2.75, 3.05) is 20.8 Å². The monoisotopic (exact) mass is 234 g/mol. The minimum Gasteiger partial charge on any atom is -0.493 e. The number of hydrogen-bond donors (Lipinski definition) is 1. The van der Waals surface area contributed by atoms with Gasteiger partial charge in [0.25, 0.3) is 0 Å². The van der Waals surface area contributed by atoms with E-state index in [1.165, 1.54) is 10.9 Å². The van der Waals surface area contributed by atoms with Gasteiger partial charge in [-0.25, -0.2) is 0 Å². The zero-order chi connectivity index (χ0) is 12.4. The van der Waals surface area contributed by atoms with Gasteiger partial charge in [0, 0.05) is 30.7 Å². The third kappa shape index (κ3) is 1.96. The Morgan fingerprint density at radius 2 is 1.82 bits per heavy atom. The molecule has 0 aliphatic carbocycles. The van der Waals surface area contributed by atoms with Crippen LogP contribution in [-0.2, 0) is 6.54 Å². The second-order valence-corrected chi connectivity index (χ2v) is 4.02. The smallest absolute Gasteiger partial charge is 0.162 e. The van der Waals surface area contributed by atoms with Crippen molar-refractivity contribution in [3.05, 3.63) is 23.9 Å². The molecule has 4 heteroatoms. The topological polar surface area (TPSA) is 49.4 Å². The van der Waals surface area contributed by atoms with Crippen molar-refractivity contribution in [3.8, 4) is 11.5 Å². The summed E-state index contributed by atoms with van der Waals surface area (Å²) in [4.78, 5) is 0. The Hall–Kier alpha value is -1.68. The van der Waals surface area contributed by atoms with Crippen LogP contribution in [-0.4, -0.2) is 25.3 Å². The number of benzene rings is 1. The molecule has 0 atom stereocenters. The highest BCUT2D eigenvalue weighted by Gasteiger charge is 2.11. The Balaban J connectivity index is 2.66. The maximum atomic E-state index is 5.61. The molecule has 0 saturated carbocycles. The van der Waals surface area contributed by atoms with E-state index in [4.69, 9.17) is 15.2 Å². The average Bonchev–Trinajstić information content (AvgIpc) is 2.65. The van der Waals surface area contributed by atoms with Gasteiger partial charge in [-0.05, 0) is 18.6 Å². The molecular weight excluding hydrogens is 216 g/mol. The highest BCUT2D eigenvalue weighted by Crippen LogP contribution is 2.34. The Labute approximate surface area is 101 Å². The zero-order valence-electron chi connectivity index (χ0n) is 10.5. The van der Waals surface area contributed by atoms with E-state index in [9.17, 15) is 0 Å². The average molecular weight is 234 g/mol. The summed E-state index contributed by atoms with van der Waals surface area (Å²) >= 11 is 0. The fraction of sp³-hybridized carbons (Fsp3) is 0.385. The highest BCUT2D eigenvalue weighted by molar-refractivity contribution is 5.87. The maximum absolute atomic E-state index is 5.61. The first-order valence-electron chi connectivity index (χ1n) is 5.62. The Bertz CT molecular complexity index is 532. The van der Waals surface area contributed by atoms with Crippen LogP contribution < -0.4 is 15.2 Å². The van der Waals surface area contributed by atoms with E-state index in [0.717, 1.165) is 23.6 Å². The van der Waals surface area contributed by atoms with E-state index in [1.54, 1.807) is 14.2 Å². The summed E-state index contributed by atoms with van der Waals surface area (Å²) in [6.07, 6.45) is 2.11. The van der Waals surface area contributed by atoms with Gasteiger partial charge in [0.2, 0.25) is 0 Å². The summed E-state index contributed by atoms with van der Waals surface area (Å²) in [5.74, 6) is 1.50. The van der Waals surface area contributed by atoms with Crippen LogP contribution in [0.15, 0.2) is 18.3 Å². The number of rotatable bonds is 4. The number of aryl methyl sites for hydroxylation is 1. The number of ether oxygens (including phenoxy) is 2. The number of fused-ring (bicyclic) bond motifs is 1. The Morgan fingerprint density at radius 3 is 2.41 bits per heavy atom. The molecule has 0 radical (unpaired) electrons. The van der Waals surface area contributed by atoms with Crippen molar-refractivity contribution in [1.29, 1.82) is 0 Å². The summed E-state index contributed by atoms with van der Waals surface area (Å²) < 4.78 is 12.8. The van der Waals surface area contributed by atoms with E-state index < -0.39 is 0 Å². The molecule has 92 valence electrons. The van der Waals surface area contributed by atoms with E-state index in [2.05, 4.69) is 17.7 Å². The molecule has 17 heavy (non-hydrogen) atoms. The fourth-order valence-electron chi connectivity index (χ4n) is 2.12. The molecule has 0 aliphatic rings. The summed E-state index contributed by atoms with van der Waals surface area (Å²) in [5, 5.41) is 1.18. The molecule has 2 aromatic rings. The van der Waals surface area contributed by atoms with Gasteiger partial charge in [-0.15, -0.1) is 0 Å². The normalized spacial score (nSPS) is 10.8. The first-order valence-corrected chi connectivity index (χ1v) is 5.62. The lowest BCUT2D eigenvalue weighted by Crippen LogP contribution is -2.08.